The number of hydrogen-bond donors (Lipinski definition) is 2. The number of H-pyrrole nitrogens is 1. The van der Waals surface area contributed by atoms with E-state index in [0.29, 0.717) is 18.0 Å². The van der Waals surface area contributed by atoms with Crippen LogP contribution in [0, 0.1) is 6.92 Å². The summed E-state index contributed by atoms with van der Waals surface area (Å²) in [6, 6.07) is 3.58. The fourth-order valence-electron chi connectivity index (χ4n) is 4.45. The van der Waals surface area contributed by atoms with Gasteiger partial charge in [-0.15, -0.1) is 11.3 Å². The number of aryl methyl sites for hydroxylation is 1. The number of fused-ring (bicyclic) bond motifs is 2. The van der Waals surface area contributed by atoms with E-state index in [1.807, 2.05) is 19.2 Å². The van der Waals surface area contributed by atoms with Crippen molar-refractivity contribution in [2.75, 3.05) is 20.1 Å². The standard InChI is InChI=1S/C22H25FN6OS/c1-11(2)18-19(13-5-12(3)21-25-10-26-29(21)9-13)27-15-6-17(31-20(15)18)22(30)28(4)16-8-24-7-14(16)23/h5-6,9-11,14,16,24,27H,7-8H2,1-4H3/t14-,16+/m0/s1. The lowest BCUT2D eigenvalue weighted by Crippen LogP contribution is -2.42. The van der Waals surface area contributed by atoms with E-state index < -0.39 is 12.2 Å². The van der Waals surface area contributed by atoms with Crippen LogP contribution >= 0.6 is 11.3 Å². The molecule has 0 aliphatic carbocycles. The van der Waals surface area contributed by atoms with E-state index in [2.05, 4.69) is 40.3 Å². The normalized spacial score (nSPS) is 19.2. The van der Waals surface area contributed by atoms with Gasteiger partial charge in [-0.25, -0.2) is 13.9 Å². The number of aromatic amines is 1. The van der Waals surface area contributed by atoms with E-state index in [1.165, 1.54) is 21.8 Å². The minimum absolute atomic E-state index is 0.137. The lowest BCUT2D eigenvalue weighted by molar-refractivity contribution is 0.0691. The van der Waals surface area contributed by atoms with Crippen LogP contribution in [0.3, 0.4) is 0 Å². The Labute approximate surface area is 183 Å². The number of amides is 1. The van der Waals surface area contributed by atoms with Crippen molar-refractivity contribution < 1.29 is 9.18 Å². The van der Waals surface area contributed by atoms with Gasteiger partial charge in [-0.1, -0.05) is 13.8 Å². The Bertz CT molecular complexity index is 1290. The fraction of sp³-hybridized carbons (Fsp3) is 0.409. The Morgan fingerprint density at radius 2 is 2.16 bits per heavy atom. The van der Waals surface area contributed by atoms with Crippen LogP contribution in [0.4, 0.5) is 4.39 Å². The summed E-state index contributed by atoms with van der Waals surface area (Å²) in [5.41, 5.74) is 6.06. The molecule has 0 spiro atoms. The van der Waals surface area contributed by atoms with Gasteiger partial charge in [0.15, 0.2) is 5.65 Å². The third-order valence-electron chi connectivity index (χ3n) is 6.07. The lowest BCUT2D eigenvalue weighted by atomic mass is 9.99. The number of rotatable bonds is 4. The van der Waals surface area contributed by atoms with Crippen molar-refractivity contribution in [2.45, 2.75) is 38.9 Å². The number of nitrogens with one attached hydrogen (secondary N) is 2. The molecular weight excluding hydrogens is 415 g/mol. The quantitative estimate of drug-likeness (QED) is 0.507. The highest BCUT2D eigenvalue weighted by molar-refractivity contribution is 7.21. The molecule has 0 aromatic carbocycles. The third-order valence-corrected chi connectivity index (χ3v) is 7.23. The van der Waals surface area contributed by atoms with Gasteiger partial charge in [0.05, 0.1) is 26.8 Å². The number of likely N-dealkylation sites (N-methyl/N-ethyl adjacent to an activating group) is 1. The van der Waals surface area contributed by atoms with E-state index in [-0.39, 0.29) is 11.8 Å². The van der Waals surface area contributed by atoms with Crippen molar-refractivity contribution >= 4 is 33.1 Å². The van der Waals surface area contributed by atoms with Crippen molar-refractivity contribution in [3.8, 4) is 11.3 Å². The average molecular weight is 441 g/mol. The van der Waals surface area contributed by atoms with Crippen molar-refractivity contribution in [1.29, 1.82) is 0 Å². The van der Waals surface area contributed by atoms with E-state index in [9.17, 15) is 9.18 Å². The fourth-order valence-corrected chi connectivity index (χ4v) is 5.75. The highest BCUT2D eigenvalue weighted by atomic mass is 32.1. The summed E-state index contributed by atoms with van der Waals surface area (Å²) in [7, 11) is 1.69. The van der Waals surface area contributed by atoms with Crippen molar-refractivity contribution in [3.63, 3.8) is 0 Å². The number of carbonyl (C=O) groups is 1. The minimum Gasteiger partial charge on any atom is -0.354 e. The van der Waals surface area contributed by atoms with E-state index in [0.717, 1.165) is 32.7 Å². The van der Waals surface area contributed by atoms with Gasteiger partial charge in [0.2, 0.25) is 0 Å². The predicted molar refractivity (Wildman–Crippen MR) is 121 cm³/mol. The first-order valence-electron chi connectivity index (χ1n) is 10.4. The molecule has 7 nitrogen and oxygen atoms in total. The molecule has 9 heteroatoms. The van der Waals surface area contributed by atoms with Gasteiger partial charge in [-0.3, -0.25) is 4.79 Å². The molecule has 1 aliphatic heterocycles. The number of carbonyl (C=O) groups excluding carboxylic acids is 1. The molecule has 1 saturated heterocycles. The maximum Gasteiger partial charge on any atom is 0.264 e. The molecule has 5 rings (SSSR count). The van der Waals surface area contributed by atoms with Crippen LogP contribution in [-0.4, -0.2) is 62.7 Å². The topological polar surface area (TPSA) is 78.3 Å². The number of halogens is 1. The van der Waals surface area contributed by atoms with Crippen molar-refractivity contribution in [1.82, 2.24) is 29.8 Å². The Kier molecular flexibility index (Phi) is 4.82. The van der Waals surface area contributed by atoms with Crippen molar-refractivity contribution in [3.05, 3.63) is 40.7 Å². The second-order valence-electron chi connectivity index (χ2n) is 8.52. The van der Waals surface area contributed by atoms with E-state index >= 15 is 0 Å². The Morgan fingerprint density at radius 1 is 1.35 bits per heavy atom. The Morgan fingerprint density at radius 3 is 2.87 bits per heavy atom. The Hall–Kier alpha value is -2.78. The van der Waals surface area contributed by atoms with Gasteiger partial charge in [-0.05, 0) is 36.1 Å². The molecule has 1 amide bonds. The number of thiophene rings is 1. The van der Waals surface area contributed by atoms with Crippen LogP contribution in [0.1, 0.15) is 40.6 Å². The van der Waals surface area contributed by atoms with Crippen LogP contribution in [-0.2, 0) is 0 Å². The van der Waals surface area contributed by atoms with Crippen LogP contribution in [0.5, 0.6) is 0 Å². The highest BCUT2D eigenvalue weighted by Crippen LogP contribution is 2.40. The summed E-state index contributed by atoms with van der Waals surface area (Å²) in [4.78, 5) is 23.0. The van der Waals surface area contributed by atoms with E-state index in [4.69, 9.17) is 0 Å². The van der Waals surface area contributed by atoms with Gasteiger partial charge < -0.3 is 15.2 Å². The number of alkyl halides is 1. The summed E-state index contributed by atoms with van der Waals surface area (Å²) in [6.07, 6.45) is 2.50. The predicted octanol–water partition coefficient (Wildman–Crippen LogP) is 3.75. The largest absolute Gasteiger partial charge is 0.354 e. The number of pyridine rings is 1. The number of hydrogen-bond acceptors (Lipinski definition) is 5. The molecule has 1 aliphatic rings. The maximum atomic E-state index is 14.1. The van der Waals surface area contributed by atoms with E-state index in [1.54, 1.807) is 17.9 Å². The summed E-state index contributed by atoms with van der Waals surface area (Å²) in [5.74, 6) is 0.117. The zero-order valence-corrected chi connectivity index (χ0v) is 18.8. The zero-order chi connectivity index (χ0) is 21.9. The first-order chi connectivity index (χ1) is 14.8. The molecule has 0 saturated carbocycles. The first-order valence-corrected chi connectivity index (χ1v) is 11.2. The molecule has 162 valence electrons. The van der Waals surface area contributed by atoms with Crippen LogP contribution in [0.25, 0.3) is 27.1 Å². The van der Waals surface area contributed by atoms with Crippen LogP contribution in [0.15, 0.2) is 24.7 Å². The molecule has 2 atom stereocenters. The van der Waals surface area contributed by atoms with Crippen molar-refractivity contribution in [2.24, 2.45) is 0 Å². The molecular formula is C22H25FN6OS. The first kappa shape index (κ1) is 20.1. The molecule has 1 fully saturated rings. The molecule has 4 aromatic heterocycles. The maximum absolute atomic E-state index is 14.1. The third kappa shape index (κ3) is 3.23. The molecule has 0 bridgehead atoms. The van der Waals surface area contributed by atoms with Gasteiger partial charge in [0.25, 0.3) is 5.91 Å². The molecule has 5 heterocycles. The second kappa shape index (κ2) is 7.42. The molecule has 31 heavy (non-hydrogen) atoms. The van der Waals surface area contributed by atoms with Gasteiger partial charge in [-0.2, -0.15) is 5.10 Å². The monoisotopic (exact) mass is 440 g/mol. The molecule has 4 aromatic rings. The molecule has 0 unspecified atom stereocenters. The number of nitrogens with zero attached hydrogens (tertiary/aromatic N) is 4. The van der Waals surface area contributed by atoms with Crippen LogP contribution < -0.4 is 5.32 Å². The van der Waals surface area contributed by atoms with Gasteiger partial charge >= 0.3 is 0 Å². The highest BCUT2D eigenvalue weighted by Gasteiger charge is 2.34. The van der Waals surface area contributed by atoms with Gasteiger partial charge in [0, 0.05) is 31.9 Å². The van der Waals surface area contributed by atoms with Gasteiger partial charge in [0.1, 0.15) is 12.5 Å². The smallest absolute Gasteiger partial charge is 0.264 e. The number of aromatic nitrogens is 4. The average Bonchev–Trinajstić information content (AvgIpc) is 3.48. The summed E-state index contributed by atoms with van der Waals surface area (Å²) in [5, 5.41) is 7.30. The Balaban J connectivity index is 1.56. The summed E-state index contributed by atoms with van der Waals surface area (Å²) >= 11 is 1.47. The van der Waals surface area contributed by atoms with Crippen LogP contribution in [0.2, 0.25) is 0 Å². The molecule has 0 radical (unpaired) electrons. The molecule has 2 N–H and O–H groups in total. The SMILES string of the molecule is Cc1cc(-c2[nH]c3cc(C(=O)N(C)[C@@H]4CNC[C@@H]4F)sc3c2C(C)C)cn2ncnc12. The summed E-state index contributed by atoms with van der Waals surface area (Å²) < 4.78 is 17.0. The zero-order valence-electron chi connectivity index (χ0n) is 17.9. The second-order valence-corrected chi connectivity index (χ2v) is 9.57. The summed E-state index contributed by atoms with van der Waals surface area (Å²) in [6.45, 7) is 7.11. The lowest BCUT2D eigenvalue weighted by Gasteiger charge is -2.24. The minimum atomic E-state index is -1.04.